The Morgan fingerprint density at radius 2 is 1.72 bits per heavy atom. The Kier molecular flexibility index (Phi) is 5.06. The summed E-state index contributed by atoms with van der Waals surface area (Å²) in [6, 6.07) is 9.67. The smallest absolute Gasteiger partial charge is 0.338 e. The molecule has 0 unspecified atom stereocenters. The molecule has 2 aromatic carbocycles. The molecule has 1 fully saturated rings. The van der Waals surface area contributed by atoms with Gasteiger partial charge in [0, 0.05) is 30.3 Å². The number of nitrogens with one attached hydrogen (secondary N) is 1. The largest absolute Gasteiger partial charge is 0.416 e. The molecule has 2 aromatic rings. The molecule has 29 heavy (non-hydrogen) atoms. The highest BCUT2D eigenvalue weighted by Gasteiger charge is 2.31. The maximum atomic E-state index is 12.7. The van der Waals surface area contributed by atoms with Crippen LogP contribution >= 0.6 is 0 Å². The summed E-state index contributed by atoms with van der Waals surface area (Å²) in [4.78, 5) is 26.8. The normalized spacial score (nSPS) is 16.7. The fourth-order valence-electron chi connectivity index (χ4n) is 3.75. The zero-order valence-electron chi connectivity index (χ0n) is 15.8. The number of alkyl halides is 3. The third kappa shape index (κ3) is 4.13. The molecule has 1 N–H and O–H groups in total. The molecule has 1 heterocycles. The lowest BCUT2D eigenvalue weighted by Crippen LogP contribution is -2.41. The summed E-state index contributed by atoms with van der Waals surface area (Å²) in [5.41, 5.74) is 2.06. The number of benzene rings is 2. The van der Waals surface area contributed by atoms with Crippen molar-refractivity contribution in [2.45, 2.75) is 38.4 Å². The van der Waals surface area contributed by atoms with Gasteiger partial charge in [-0.2, -0.15) is 13.2 Å². The monoisotopic (exact) mass is 402 g/mol. The Hall–Kier alpha value is -2.83. The summed E-state index contributed by atoms with van der Waals surface area (Å²) in [6.45, 7) is 1.23. The standard InChI is InChI=1S/C22H21F3N2O2/c23-22(24,25)18-7-4-15(5-8-18)20(28)26-19-9-6-14-10-11-27(13-17(14)12-19)21(29)16-2-1-3-16/h4-9,12,16H,1-3,10-11,13H2,(H,26,28). The highest BCUT2D eigenvalue weighted by atomic mass is 19.4. The molecule has 0 saturated heterocycles. The van der Waals surface area contributed by atoms with Crippen molar-refractivity contribution in [3.8, 4) is 0 Å². The van der Waals surface area contributed by atoms with E-state index in [-0.39, 0.29) is 17.4 Å². The fourth-order valence-corrected chi connectivity index (χ4v) is 3.75. The zero-order chi connectivity index (χ0) is 20.6. The van der Waals surface area contributed by atoms with Crippen LogP contribution in [0.15, 0.2) is 42.5 Å². The Morgan fingerprint density at radius 3 is 2.34 bits per heavy atom. The minimum Gasteiger partial charge on any atom is -0.338 e. The number of hydrogen-bond acceptors (Lipinski definition) is 2. The first-order valence-corrected chi connectivity index (χ1v) is 9.70. The van der Waals surface area contributed by atoms with Crippen LogP contribution in [-0.4, -0.2) is 23.3 Å². The van der Waals surface area contributed by atoms with E-state index in [1.165, 1.54) is 0 Å². The maximum absolute atomic E-state index is 12.7. The molecule has 1 saturated carbocycles. The number of carbonyl (C=O) groups excluding carboxylic acids is 2. The molecule has 4 nitrogen and oxygen atoms in total. The lowest BCUT2D eigenvalue weighted by molar-refractivity contribution is -0.139. The molecule has 4 rings (SSSR count). The molecule has 0 bridgehead atoms. The molecule has 0 aromatic heterocycles. The van der Waals surface area contributed by atoms with Crippen molar-refractivity contribution in [2.24, 2.45) is 5.92 Å². The Bertz CT molecular complexity index is 934. The van der Waals surface area contributed by atoms with Gasteiger partial charge >= 0.3 is 6.18 Å². The number of amides is 2. The Morgan fingerprint density at radius 1 is 1.00 bits per heavy atom. The van der Waals surface area contributed by atoms with Gasteiger partial charge < -0.3 is 10.2 Å². The summed E-state index contributed by atoms with van der Waals surface area (Å²) < 4.78 is 38.0. The van der Waals surface area contributed by atoms with Crippen molar-refractivity contribution < 1.29 is 22.8 Å². The van der Waals surface area contributed by atoms with E-state index in [0.717, 1.165) is 61.1 Å². The van der Waals surface area contributed by atoms with Crippen LogP contribution in [0.3, 0.4) is 0 Å². The highest BCUT2D eigenvalue weighted by molar-refractivity contribution is 6.04. The van der Waals surface area contributed by atoms with E-state index < -0.39 is 17.6 Å². The average Bonchev–Trinajstić information content (AvgIpc) is 2.65. The molecule has 0 radical (unpaired) electrons. The van der Waals surface area contributed by atoms with Gasteiger partial charge in [0.25, 0.3) is 5.91 Å². The number of hydrogen-bond donors (Lipinski definition) is 1. The van der Waals surface area contributed by atoms with Crippen LogP contribution in [0.25, 0.3) is 0 Å². The van der Waals surface area contributed by atoms with Crippen LogP contribution in [0.5, 0.6) is 0 Å². The molecule has 0 atom stereocenters. The summed E-state index contributed by atoms with van der Waals surface area (Å²) in [5.74, 6) is -0.114. The molecular formula is C22H21F3N2O2. The zero-order valence-corrected chi connectivity index (χ0v) is 15.8. The van der Waals surface area contributed by atoms with Gasteiger partial charge in [0.2, 0.25) is 5.91 Å². The molecule has 2 aliphatic rings. The number of halogens is 3. The molecule has 1 aliphatic carbocycles. The second-order valence-corrected chi connectivity index (χ2v) is 7.65. The predicted molar refractivity (Wildman–Crippen MR) is 102 cm³/mol. The van der Waals surface area contributed by atoms with E-state index in [1.807, 2.05) is 17.0 Å². The second-order valence-electron chi connectivity index (χ2n) is 7.65. The van der Waals surface area contributed by atoms with E-state index in [0.29, 0.717) is 18.8 Å². The molecule has 1 aliphatic heterocycles. The summed E-state index contributed by atoms with van der Waals surface area (Å²) in [5, 5.41) is 2.73. The van der Waals surface area contributed by atoms with E-state index >= 15 is 0 Å². The highest BCUT2D eigenvalue weighted by Crippen LogP contribution is 2.31. The van der Waals surface area contributed by atoms with Crippen LogP contribution < -0.4 is 5.32 Å². The van der Waals surface area contributed by atoms with Crippen molar-refractivity contribution in [1.29, 1.82) is 0 Å². The number of rotatable bonds is 3. The predicted octanol–water partition coefficient (Wildman–Crippen LogP) is 4.64. The second kappa shape index (κ2) is 7.54. The number of carbonyl (C=O) groups is 2. The lowest BCUT2D eigenvalue weighted by Gasteiger charge is -2.35. The van der Waals surface area contributed by atoms with Gasteiger partial charge in [0.1, 0.15) is 0 Å². The first-order valence-electron chi connectivity index (χ1n) is 9.70. The van der Waals surface area contributed by atoms with Crippen molar-refractivity contribution in [1.82, 2.24) is 4.90 Å². The fraction of sp³-hybridized carbons (Fsp3) is 0.364. The maximum Gasteiger partial charge on any atom is 0.416 e. The van der Waals surface area contributed by atoms with Crippen molar-refractivity contribution in [2.75, 3.05) is 11.9 Å². The third-order valence-electron chi connectivity index (χ3n) is 5.72. The van der Waals surface area contributed by atoms with Gasteiger partial charge in [-0.25, -0.2) is 0 Å². The number of nitrogens with zero attached hydrogens (tertiary/aromatic N) is 1. The van der Waals surface area contributed by atoms with Gasteiger partial charge in [-0.3, -0.25) is 9.59 Å². The van der Waals surface area contributed by atoms with Gasteiger partial charge in [-0.15, -0.1) is 0 Å². The van der Waals surface area contributed by atoms with Gasteiger partial charge in [-0.05, 0) is 66.8 Å². The van der Waals surface area contributed by atoms with Crippen LogP contribution in [0.2, 0.25) is 0 Å². The number of fused-ring (bicyclic) bond motifs is 1. The lowest BCUT2D eigenvalue weighted by atomic mass is 9.83. The average molecular weight is 402 g/mol. The summed E-state index contributed by atoms with van der Waals surface area (Å²) in [7, 11) is 0. The Labute approximate surface area is 166 Å². The topological polar surface area (TPSA) is 49.4 Å². The number of anilines is 1. The summed E-state index contributed by atoms with van der Waals surface area (Å²) >= 11 is 0. The first kappa shape index (κ1) is 19.5. The SMILES string of the molecule is O=C(Nc1ccc2c(c1)CN(C(=O)C1CCC1)CC2)c1ccc(C(F)(F)F)cc1. The molecule has 0 spiro atoms. The van der Waals surface area contributed by atoms with E-state index in [9.17, 15) is 22.8 Å². The van der Waals surface area contributed by atoms with Gasteiger partial charge in [0.15, 0.2) is 0 Å². The Balaban J connectivity index is 1.45. The van der Waals surface area contributed by atoms with Crippen LogP contribution in [-0.2, 0) is 23.9 Å². The molecular weight excluding hydrogens is 381 g/mol. The molecule has 7 heteroatoms. The van der Waals surface area contributed by atoms with Crippen LogP contribution in [0.4, 0.5) is 18.9 Å². The summed E-state index contributed by atoms with van der Waals surface area (Å²) in [6.07, 6.45) is -0.616. The van der Waals surface area contributed by atoms with Crippen LogP contribution in [0.1, 0.15) is 46.3 Å². The van der Waals surface area contributed by atoms with E-state index in [4.69, 9.17) is 0 Å². The first-order chi connectivity index (χ1) is 13.8. The van der Waals surface area contributed by atoms with E-state index in [2.05, 4.69) is 5.32 Å². The minimum absolute atomic E-state index is 0.150. The van der Waals surface area contributed by atoms with Crippen molar-refractivity contribution in [3.63, 3.8) is 0 Å². The van der Waals surface area contributed by atoms with Gasteiger partial charge in [-0.1, -0.05) is 12.5 Å². The third-order valence-corrected chi connectivity index (χ3v) is 5.72. The van der Waals surface area contributed by atoms with Crippen LogP contribution in [0, 0.1) is 5.92 Å². The van der Waals surface area contributed by atoms with E-state index in [1.54, 1.807) is 6.07 Å². The molecule has 152 valence electrons. The quantitative estimate of drug-likeness (QED) is 0.813. The van der Waals surface area contributed by atoms with Crippen molar-refractivity contribution in [3.05, 3.63) is 64.7 Å². The van der Waals surface area contributed by atoms with Crippen molar-refractivity contribution >= 4 is 17.5 Å². The molecule has 2 amide bonds. The van der Waals surface area contributed by atoms with Gasteiger partial charge in [0.05, 0.1) is 5.56 Å². The minimum atomic E-state index is -4.43.